The lowest BCUT2D eigenvalue weighted by atomic mass is 10.1. The molecule has 2 rings (SSSR count). The Morgan fingerprint density at radius 3 is 2.68 bits per heavy atom. The van der Waals surface area contributed by atoms with Gasteiger partial charge in [-0.15, -0.1) is 0 Å². The highest BCUT2D eigenvalue weighted by Gasteiger charge is 2.11. The van der Waals surface area contributed by atoms with E-state index >= 15 is 0 Å². The minimum absolute atomic E-state index is 0.152. The van der Waals surface area contributed by atoms with E-state index < -0.39 is 0 Å². The third kappa shape index (κ3) is 3.91. The Bertz CT molecular complexity index is 471. The molecular formula is C15H23N3S. The van der Waals surface area contributed by atoms with E-state index in [9.17, 15) is 0 Å². The quantitative estimate of drug-likeness (QED) is 0.842. The molecule has 104 valence electrons. The van der Waals surface area contributed by atoms with Crippen LogP contribution < -0.4 is 5.73 Å². The Morgan fingerprint density at radius 2 is 2.05 bits per heavy atom. The molecule has 2 N–H and O–H groups in total. The maximum Gasteiger partial charge on any atom is 0.0640 e. The van der Waals surface area contributed by atoms with E-state index in [0.717, 1.165) is 31.4 Å². The summed E-state index contributed by atoms with van der Waals surface area (Å²) < 4.78 is 2.09. The fourth-order valence-electron chi connectivity index (χ4n) is 2.40. The van der Waals surface area contributed by atoms with Crippen LogP contribution in [0.4, 0.5) is 0 Å². The van der Waals surface area contributed by atoms with Crippen molar-refractivity contribution in [3.05, 3.63) is 40.3 Å². The van der Waals surface area contributed by atoms with E-state index in [1.807, 2.05) is 0 Å². The van der Waals surface area contributed by atoms with Crippen LogP contribution in [0.1, 0.15) is 44.0 Å². The summed E-state index contributed by atoms with van der Waals surface area (Å²) >= 11 is 1.73. The zero-order valence-electron chi connectivity index (χ0n) is 11.7. The number of hydrogen-bond acceptors (Lipinski definition) is 3. The van der Waals surface area contributed by atoms with Gasteiger partial charge in [-0.1, -0.05) is 13.8 Å². The summed E-state index contributed by atoms with van der Waals surface area (Å²) in [6.07, 6.45) is 6.12. The first kappa shape index (κ1) is 14.3. The molecule has 3 nitrogen and oxygen atoms in total. The van der Waals surface area contributed by atoms with Gasteiger partial charge in [-0.25, -0.2) is 0 Å². The number of aromatic nitrogens is 2. The van der Waals surface area contributed by atoms with Gasteiger partial charge in [0.1, 0.15) is 0 Å². The summed E-state index contributed by atoms with van der Waals surface area (Å²) in [5, 5.41) is 8.93. The fourth-order valence-corrected chi connectivity index (χ4v) is 3.09. The second-order valence-electron chi connectivity index (χ2n) is 5.06. The van der Waals surface area contributed by atoms with Crippen LogP contribution in [0.3, 0.4) is 0 Å². The van der Waals surface area contributed by atoms with Gasteiger partial charge < -0.3 is 5.73 Å². The number of hydrogen-bond donors (Lipinski definition) is 1. The highest BCUT2D eigenvalue weighted by atomic mass is 32.1. The lowest BCUT2D eigenvalue weighted by Crippen LogP contribution is -2.25. The molecule has 4 heteroatoms. The molecule has 1 unspecified atom stereocenters. The van der Waals surface area contributed by atoms with E-state index in [4.69, 9.17) is 5.73 Å². The first-order valence-corrected chi connectivity index (χ1v) is 7.97. The molecule has 2 heterocycles. The van der Waals surface area contributed by atoms with Crippen molar-refractivity contribution in [2.24, 2.45) is 5.73 Å². The van der Waals surface area contributed by atoms with Gasteiger partial charge in [0.2, 0.25) is 0 Å². The molecule has 0 aromatic carbocycles. The van der Waals surface area contributed by atoms with Crippen molar-refractivity contribution in [2.75, 3.05) is 0 Å². The molecule has 19 heavy (non-hydrogen) atoms. The number of nitrogens with two attached hydrogens (primary N) is 1. The topological polar surface area (TPSA) is 43.8 Å². The molecular weight excluding hydrogens is 254 g/mol. The predicted molar refractivity (Wildman–Crippen MR) is 81.5 cm³/mol. The first-order valence-electron chi connectivity index (χ1n) is 7.03. The molecule has 0 saturated carbocycles. The van der Waals surface area contributed by atoms with Crippen molar-refractivity contribution in [2.45, 2.75) is 51.6 Å². The molecule has 1 atom stereocenters. The van der Waals surface area contributed by atoms with E-state index in [-0.39, 0.29) is 6.04 Å². The van der Waals surface area contributed by atoms with Gasteiger partial charge in [-0.05, 0) is 47.7 Å². The minimum atomic E-state index is 0.152. The SMILES string of the molecule is CCC(CC)n1ccc(CC(N)Cc2ccsc2)n1. The maximum atomic E-state index is 6.20. The minimum Gasteiger partial charge on any atom is -0.327 e. The summed E-state index contributed by atoms with van der Waals surface area (Å²) in [6, 6.07) is 4.92. The van der Waals surface area contributed by atoms with Gasteiger partial charge in [-0.3, -0.25) is 4.68 Å². The normalized spacial score (nSPS) is 13.1. The van der Waals surface area contributed by atoms with Crippen molar-refractivity contribution >= 4 is 11.3 Å². The monoisotopic (exact) mass is 277 g/mol. The van der Waals surface area contributed by atoms with Crippen LogP contribution in [0.2, 0.25) is 0 Å². The zero-order valence-corrected chi connectivity index (χ0v) is 12.6. The third-order valence-electron chi connectivity index (χ3n) is 3.53. The summed E-state index contributed by atoms with van der Waals surface area (Å²) in [6.45, 7) is 4.41. The molecule has 2 aromatic heterocycles. The summed E-state index contributed by atoms with van der Waals surface area (Å²) in [5.41, 5.74) is 8.64. The average Bonchev–Trinajstić information content (AvgIpc) is 3.03. The fraction of sp³-hybridized carbons (Fsp3) is 0.533. The Kier molecular flexibility index (Phi) is 5.16. The lowest BCUT2D eigenvalue weighted by molar-refractivity contribution is 0.424. The summed E-state index contributed by atoms with van der Waals surface area (Å²) in [4.78, 5) is 0. The van der Waals surface area contributed by atoms with Crippen molar-refractivity contribution in [3.63, 3.8) is 0 Å². The highest BCUT2D eigenvalue weighted by molar-refractivity contribution is 7.07. The van der Waals surface area contributed by atoms with Crippen LogP contribution in [0, 0.1) is 0 Å². The molecule has 0 radical (unpaired) electrons. The largest absolute Gasteiger partial charge is 0.327 e. The standard InChI is InChI=1S/C15H23N3S/c1-3-15(4-2)18-7-5-14(17-18)10-13(16)9-12-6-8-19-11-12/h5-8,11,13,15H,3-4,9-10,16H2,1-2H3. The van der Waals surface area contributed by atoms with E-state index in [2.05, 4.69) is 52.7 Å². The Balaban J connectivity index is 1.92. The zero-order chi connectivity index (χ0) is 13.7. The second-order valence-corrected chi connectivity index (χ2v) is 5.84. The molecule has 0 bridgehead atoms. The van der Waals surface area contributed by atoms with Crippen LogP contribution in [0.25, 0.3) is 0 Å². The Hall–Kier alpha value is -1.13. The number of rotatable bonds is 7. The smallest absolute Gasteiger partial charge is 0.0640 e. The summed E-state index contributed by atoms with van der Waals surface area (Å²) in [7, 11) is 0. The van der Waals surface area contributed by atoms with Crippen molar-refractivity contribution < 1.29 is 0 Å². The molecule has 0 saturated heterocycles. The predicted octanol–water partition coefficient (Wildman–Crippen LogP) is 3.42. The summed E-state index contributed by atoms with van der Waals surface area (Å²) in [5.74, 6) is 0. The Morgan fingerprint density at radius 1 is 1.26 bits per heavy atom. The van der Waals surface area contributed by atoms with Gasteiger partial charge in [0.25, 0.3) is 0 Å². The lowest BCUT2D eigenvalue weighted by Gasteiger charge is -2.13. The maximum absolute atomic E-state index is 6.20. The third-order valence-corrected chi connectivity index (χ3v) is 4.26. The van der Waals surface area contributed by atoms with Crippen LogP contribution in [0.5, 0.6) is 0 Å². The molecule has 0 aliphatic carbocycles. The average molecular weight is 277 g/mol. The van der Waals surface area contributed by atoms with Crippen molar-refractivity contribution in [1.82, 2.24) is 9.78 Å². The molecule has 0 aliphatic heterocycles. The van der Waals surface area contributed by atoms with Crippen molar-refractivity contribution in [3.8, 4) is 0 Å². The Labute approximate surface area is 119 Å². The second kappa shape index (κ2) is 6.87. The number of thiophene rings is 1. The van der Waals surface area contributed by atoms with Crippen LogP contribution in [-0.4, -0.2) is 15.8 Å². The molecule has 0 spiro atoms. The first-order chi connectivity index (χ1) is 9.22. The van der Waals surface area contributed by atoms with E-state index in [0.29, 0.717) is 6.04 Å². The molecule has 0 amide bonds. The van der Waals surface area contributed by atoms with Crippen LogP contribution in [-0.2, 0) is 12.8 Å². The van der Waals surface area contributed by atoms with Gasteiger partial charge in [0.05, 0.1) is 11.7 Å². The van der Waals surface area contributed by atoms with Gasteiger partial charge >= 0.3 is 0 Å². The van der Waals surface area contributed by atoms with Gasteiger partial charge in [-0.2, -0.15) is 16.4 Å². The molecule has 0 fully saturated rings. The van der Waals surface area contributed by atoms with Crippen LogP contribution >= 0.6 is 11.3 Å². The van der Waals surface area contributed by atoms with Gasteiger partial charge in [0.15, 0.2) is 0 Å². The molecule has 2 aromatic rings. The van der Waals surface area contributed by atoms with E-state index in [1.165, 1.54) is 5.56 Å². The van der Waals surface area contributed by atoms with Gasteiger partial charge in [0, 0.05) is 18.7 Å². The molecule has 0 aliphatic rings. The van der Waals surface area contributed by atoms with Crippen molar-refractivity contribution in [1.29, 1.82) is 0 Å². The van der Waals surface area contributed by atoms with Crippen LogP contribution in [0.15, 0.2) is 29.1 Å². The highest BCUT2D eigenvalue weighted by Crippen LogP contribution is 2.15. The van der Waals surface area contributed by atoms with E-state index in [1.54, 1.807) is 11.3 Å². The number of nitrogens with zero attached hydrogens (tertiary/aromatic N) is 2.